The summed E-state index contributed by atoms with van der Waals surface area (Å²) in [5.74, 6) is -0.327. The van der Waals surface area contributed by atoms with Crippen molar-refractivity contribution in [2.75, 3.05) is 6.61 Å². The second-order valence-corrected chi connectivity index (χ2v) is 22.0. The summed E-state index contributed by atoms with van der Waals surface area (Å²) >= 11 is 0. The number of rotatable bonds is 59. The van der Waals surface area contributed by atoms with Crippen LogP contribution in [0.5, 0.6) is 0 Å². The molecule has 72 heavy (non-hydrogen) atoms. The predicted molar refractivity (Wildman–Crippen MR) is 319 cm³/mol. The smallest absolute Gasteiger partial charge is 0.222 e. The van der Waals surface area contributed by atoms with Crippen LogP contribution in [0.25, 0.3) is 0 Å². The molecule has 0 aromatic carbocycles. The maximum absolute atomic E-state index is 12.5. The SMILES string of the molecule is CCCCCCCCCCCCCC/C=C/CC/C=C/CC/C=C/C(O)C(CO)NC(=O)CC(O)CCCCCCCCCCCCCCCCC/C=C\C/C=C\CCCCCCCCCCCCCCC. The third-order valence-electron chi connectivity index (χ3n) is 14.8. The number of carbonyl (C=O) groups is 1. The van der Waals surface area contributed by atoms with Crippen LogP contribution in [0.1, 0.15) is 335 Å². The number of aliphatic hydroxyl groups excluding tert-OH is 3. The van der Waals surface area contributed by atoms with Crippen molar-refractivity contribution in [2.24, 2.45) is 0 Å². The van der Waals surface area contributed by atoms with Crippen LogP contribution >= 0.6 is 0 Å². The number of hydrogen-bond donors (Lipinski definition) is 4. The summed E-state index contributed by atoms with van der Waals surface area (Å²) in [4.78, 5) is 12.5. The molecular weight excluding hydrogens is 883 g/mol. The van der Waals surface area contributed by atoms with Gasteiger partial charge in [-0.25, -0.2) is 0 Å². The quantitative estimate of drug-likeness (QED) is 0.0361. The Morgan fingerprint density at radius 3 is 0.972 bits per heavy atom. The van der Waals surface area contributed by atoms with Crippen molar-refractivity contribution >= 4 is 5.91 Å². The second kappa shape index (κ2) is 61.6. The highest BCUT2D eigenvalue weighted by atomic mass is 16.3. The molecule has 5 nitrogen and oxygen atoms in total. The van der Waals surface area contributed by atoms with Gasteiger partial charge in [-0.15, -0.1) is 0 Å². The van der Waals surface area contributed by atoms with E-state index in [0.717, 1.165) is 44.9 Å². The van der Waals surface area contributed by atoms with Crippen LogP contribution in [-0.2, 0) is 4.79 Å². The second-order valence-electron chi connectivity index (χ2n) is 22.0. The summed E-state index contributed by atoms with van der Waals surface area (Å²) in [5, 5.41) is 33.5. The molecule has 1 amide bonds. The third kappa shape index (κ3) is 57.3. The molecule has 0 fully saturated rings. The van der Waals surface area contributed by atoms with E-state index in [2.05, 4.69) is 67.8 Å². The highest BCUT2D eigenvalue weighted by molar-refractivity contribution is 5.76. The van der Waals surface area contributed by atoms with E-state index in [-0.39, 0.29) is 18.9 Å². The lowest BCUT2D eigenvalue weighted by atomic mass is 10.0. The van der Waals surface area contributed by atoms with Gasteiger partial charge >= 0.3 is 0 Å². The van der Waals surface area contributed by atoms with Crippen LogP contribution in [0, 0.1) is 0 Å². The van der Waals surface area contributed by atoms with E-state index in [1.807, 2.05) is 6.08 Å². The zero-order valence-electron chi connectivity index (χ0n) is 48.3. The molecule has 0 rings (SSSR count). The van der Waals surface area contributed by atoms with E-state index in [0.29, 0.717) is 6.42 Å². The Labute approximate surface area is 449 Å². The van der Waals surface area contributed by atoms with Crippen LogP contribution in [-0.4, -0.2) is 46.1 Å². The highest BCUT2D eigenvalue weighted by Gasteiger charge is 2.20. The topological polar surface area (TPSA) is 89.8 Å². The number of hydrogen-bond acceptors (Lipinski definition) is 4. The standard InChI is InChI=1S/C67H125NO4/c1-3-5-7-9-11-13-15-17-19-21-23-25-27-28-29-30-31-32-33-34-35-36-37-38-39-40-42-44-46-48-50-52-54-56-58-60-64(70)62-67(72)68-65(63-69)66(71)61-59-57-55-53-51-49-47-45-43-41-26-24-22-20-18-16-14-12-10-8-6-4-2/h29-30,32-33,43,45,51,53,59,61,64-66,69-71H,3-28,31,34-42,44,46-50,52,54-58,60,62-63H2,1-2H3,(H,68,72)/b30-29-,33-32-,45-43+,53-51+,61-59+. The molecule has 0 aliphatic rings. The highest BCUT2D eigenvalue weighted by Crippen LogP contribution is 2.17. The van der Waals surface area contributed by atoms with Gasteiger partial charge in [-0.05, 0) is 77.0 Å². The van der Waals surface area contributed by atoms with Gasteiger partial charge in [0.1, 0.15) is 0 Å². The lowest BCUT2D eigenvalue weighted by Crippen LogP contribution is -2.45. The third-order valence-corrected chi connectivity index (χ3v) is 14.8. The molecule has 3 unspecified atom stereocenters. The summed E-state index contributed by atoms with van der Waals surface area (Å²) in [5.41, 5.74) is 0. The van der Waals surface area contributed by atoms with Crippen molar-refractivity contribution in [3.63, 3.8) is 0 Å². The molecule has 3 atom stereocenters. The molecule has 422 valence electrons. The Balaban J connectivity index is 3.57. The van der Waals surface area contributed by atoms with Gasteiger partial charge in [0.25, 0.3) is 0 Å². The lowest BCUT2D eigenvalue weighted by Gasteiger charge is -2.21. The number of nitrogens with one attached hydrogen (secondary N) is 1. The molecule has 0 aliphatic heterocycles. The van der Waals surface area contributed by atoms with Gasteiger partial charge < -0.3 is 20.6 Å². The first-order valence-corrected chi connectivity index (χ1v) is 32.1. The van der Waals surface area contributed by atoms with Gasteiger partial charge in [0.05, 0.1) is 31.3 Å². The molecule has 0 aliphatic carbocycles. The Morgan fingerprint density at radius 2 is 0.639 bits per heavy atom. The van der Waals surface area contributed by atoms with Gasteiger partial charge in [0, 0.05) is 0 Å². The molecule has 0 saturated carbocycles. The van der Waals surface area contributed by atoms with Gasteiger partial charge in [-0.2, -0.15) is 0 Å². The minimum Gasteiger partial charge on any atom is -0.394 e. The lowest BCUT2D eigenvalue weighted by molar-refractivity contribution is -0.124. The van der Waals surface area contributed by atoms with E-state index in [9.17, 15) is 20.1 Å². The molecule has 5 heteroatoms. The van der Waals surface area contributed by atoms with Crippen LogP contribution in [0.4, 0.5) is 0 Å². The predicted octanol–water partition coefficient (Wildman–Crippen LogP) is 20.5. The van der Waals surface area contributed by atoms with E-state index >= 15 is 0 Å². The minimum absolute atomic E-state index is 0.00174. The summed E-state index contributed by atoms with van der Waals surface area (Å²) in [6.45, 7) is 4.23. The van der Waals surface area contributed by atoms with Crippen LogP contribution in [0.3, 0.4) is 0 Å². The largest absolute Gasteiger partial charge is 0.394 e. The zero-order chi connectivity index (χ0) is 52.2. The minimum atomic E-state index is -0.963. The summed E-state index contributed by atoms with van der Waals surface area (Å²) in [6.07, 6.45) is 84.5. The first-order valence-electron chi connectivity index (χ1n) is 32.1. The average molecular weight is 1010 g/mol. The van der Waals surface area contributed by atoms with Gasteiger partial charge in [-0.1, -0.05) is 312 Å². The Kier molecular flexibility index (Phi) is 59.9. The van der Waals surface area contributed by atoms with Crippen molar-refractivity contribution in [3.8, 4) is 0 Å². The van der Waals surface area contributed by atoms with Crippen molar-refractivity contribution in [1.29, 1.82) is 0 Å². The zero-order valence-corrected chi connectivity index (χ0v) is 48.3. The van der Waals surface area contributed by atoms with Crippen molar-refractivity contribution in [1.82, 2.24) is 5.32 Å². The first-order chi connectivity index (χ1) is 35.5. The fraction of sp³-hybridized carbons (Fsp3) is 0.836. The Bertz CT molecular complexity index is 1210. The summed E-state index contributed by atoms with van der Waals surface area (Å²) in [6, 6.07) is -0.771. The number of carbonyl (C=O) groups excluding carboxylic acids is 1. The molecule has 0 saturated heterocycles. The van der Waals surface area contributed by atoms with Crippen molar-refractivity contribution < 1.29 is 20.1 Å². The van der Waals surface area contributed by atoms with E-state index < -0.39 is 18.2 Å². The van der Waals surface area contributed by atoms with E-state index in [1.165, 1.54) is 263 Å². The van der Waals surface area contributed by atoms with Gasteiger partial charge in [0.2, 0.25) is 5.91 Å². The average Bonchev–Trinajstić information content (AvgIpc) is 3.38. The van der Waals surface area contributed by atoms with E-state index in [4.69, 9.17) is 0 Å². The van der Waals surface area contributed by atoms with Gasteiger partial charge in [0.15, 0.2) is 0 Å². The monoisotopic (exact) mass is 1010 g/mol. The molecular formula is C67H125NO4. The van der Waals surface area contributed by atoms with Crippen LogP contribution in [0.2, 0.25) is 0 Å². The summed E-state index contributed by atoms with van der Waals surface area (Å²) < 4.78 is 0. The molecule has 0 aromatic heterocycles. The number of aliphatic hydroxyl groups is 3. The molecule has 0 heterocycles. The normalized spacial score (nSPS) is 13.6. The maximum atomic E-state index is 12.5. The van der Waals surface area contributed by atoms with Gasteiger partial charge in [-0.3, -0.25) is 4.79 Å². The molecule has 0 radical (unpaired) electrons. The number of amides is 1. The summed E-state index contributed by atoms with van der Waals surface area (Å²) in [7, 11) is 0. The number of allylic oxidation sites excluding steroid dienone is 9. The van der Waals surface area contributed by atoms with Crippen molar-refractivity contribution in [3.05, 3.63) is 60.8 Å². The molecule has 0 spiro atoms. The molecule has 4 N–H and O–H groups in total. The molecule has 0 bridgehead atoms. The van der Waals surface area contributed by atoms with Crippen LogP contribution in [0.15, 0.2) is 60.8 Å². The maximum Gasteiger partial charge on any atom is 0.222 e. The Hall–Kier alpha value is -1.95. The van der Waals surface area contributed by atoms with E-state index in [1.54, 1.807) is 6.08 Å². The fourth-order valence-corrected chi connectivity index (χ4v) is 9.88. The van der Waals surface area contributed by atoms with Crippen molar-refractivity contribution in [2.45, 2.75) is 353 Å². The molecule has 0 aromatic rings. The Morgan fingerprint density at radius 1 is 0.361 bits per heavy atom. The fourth-order valence-electron chi connectivity index (χ4n) is 9.88. The first kappa shape index (κ1) is 70.1. The number of unbranched alkanes of at least 4 members (excludes halogenated alkanes) is 42. The van der Waals surface area contributed by atoms with Crippen LogP contribution < -0.4 is 5.32 Å².